The van der Waals surface area contributed by atoms with Crippen molar-refractivity contribution >= 4 is 23.7 Å². The largest absolute Gasteiger partial charge is 0.368 e. The Hall–Kier alpha value is -1.04. The van der Waals surface area contributed by atoms with Crippen LogP contribution in [0.2, 0.25) is 0 Å². The number of thioether (sulfide) groups is 1. The summed E-state index contributed by atoms with van der Waals surface area (Å²) in [6.07, 6.45) is 0. The molecule has 0 saturated heterocycles. The van der Waals surface area contributed by atoms with Crippen LogP contribution in [0.4, 0.5) is 11.9 Å². The second-order valence-electron chi connectivity index (χ2n) is 2.88. The minimum Gasteiger partial charge on any atom is -0.368 e. The molecule has 15 heavy (non-hydrogen) atoms. The summed E-state index contributed by atoms with van der Waals surface area (Å²) in [6, 6.07) is 0. The molecule has 0 aliphatic rings. The van der Waals surface area contributed by atoms with E-state index in [4.69, 9.17) is 5.73 Å². The van der Waals surface area contributed by atoms with Gasteiger partial charge in [0.15, 0.2) is 5.16 Å². The van der Waals surface area contributed by atoms with Crippen molar-refractivity contribution in [2.75, 3.05) is 29.5 Å². The van der Waals surface area contributed by atoms with Gasteiger partial charge in [-0.2, -0.15) is 15.0 Å². The average Bonchev–Trinajstić information content (AvgIpc) is 2.19. The highest BCUT2D eigenvalue weighted by molar-refractivity contribution is 7.99. The Balaban J connectivity index is 2.96. The fraction of sp³-hybridized carbons (Fsp3) is 0.667. The van der Waals surface area contributed by atoms with Gasteiger partial charge in [-0.1, -0.05) is 18.7 Å². The van der Waals surface area contributed by atoms with E-state index in [2.05, 4.69) is 40.6 Å². The molecule has 0 radical (unpaired) electrons. The number of anilines is 2. The van der Waals surface area contributed by atoms with E-state index in [1.807, 2.05) is 0 Å². The summed E-state index contributed by atoms with van der Waals surface area (Å²) in [6.45, 7) is 7.93. The third kappa shape index (κ3) is 3.23. The van der Waals surface area contributed by atoms with E-state index in [0.29, 0.717) is 17.1 Å². The summed E-state index contributed by atoms with van der Waals surface area (Å²) in [5, 5.41) is 0.701. The summed E-state index contributed by atoms with van der Waals surface area (Å²) in [5.74, 6) is 1.90. The van der Waals surface area contributed by atoms with E-state index < -0.39 is 0 Å². The SMILES string of the molecule is CCSc1nc(N)nc(N(CC)CC)n1. The predicted octanol–water partition coefficient (Wildman–Crippen LogP) is 1.41. The number of hydrogen-bond donors (Lipinski definition) is 1. The van der Waals surface area contributed by atoms with Crippen molar-refractivity contribution in [3.63, 3.8) is 0 Å². The zero-order chi connectivity index (χ0) is 11.3. The van der Waals surface area contributed by atoms with Gasteiger partial charge in [0, 0.05) is 13.1 Å². The van der Waals surface area contributed by atoms with Crippen LogP contribution in [-0.2, 0) is 0 Å². The number of rotatable bonds is 5. The Labute approximate surface area is 94.5 Å². The van der Waals surface area contributed by atoms with Gasteiger partial charge in [-0.25, -0.2) is 0 Å². The molecule has 0 spiro atoms. The van der Waals surface area contributed by atoms with Gasteiger partial charge in [-0.3, -0.25) is 0 Å². The molecule has 0 aliphatic heterocycles. The molecule has 0 amide bonds. The fourth-order valence-corrected chi connectivity index (χ4v) is 1.76. The van der Waals surface area contributed by atoms with Gasteiger partial charge in [0.05, 0.1) is 0 Å². The van der Waals surface area contributed by atoms with Crippen LogP contribution in [0.3, 0.4) is 0 Å². The molecule has 0 fully saturated rings. The number of nitrogens with zero attached hydrogens (tertiary/aromatic N) is 4. The molecule has 1 aromatic heterocycles. The standard InChI is InChI=1S/C9H17N5S/c1-4-14(5-2)8-11-7(10)12-9(13-8)15-6-3/h4-6H2,1-3H3,(H2,10,11,12,13). The molecule has 1 heterocycles. The van der Waals surface area contributed by atoms with Crippen molar-refractivity contribution in [2.24, 2.45) is 0 Å². The van der Waals surface area contributed by atoms with Gasteiger partial charge in [-0.15, -0.1) is 0 Å². The second-order valence-corrected chi connectivity index (χ2v) is 4.11. The summed E-state index contributed by atoms with van der Waals surface area (Å²) < 4.78 is 0. The quantitative estimate of drug-likeness (QED) is 0.767. The molecule has 0 unspecified atom stereocenters. The molecule has 84 valence electrons. The summed E-state index contributed by atoms with van der Waals surface area (Å²) in [4.78, 5) is 14.6. The Morgan fingerprint density at radius 3 is 2.33 bits per heavy atom. The van der Waals surface area contributed by atoms with Crippen molar-refractivity contribution in [3.8, 4) is 0 Å². The molecule has 1 aromatic rings. The molecule has 0 aliphatic carbocycles. The third-order valence-corrected chi connectivity index (χ3v) is 2.67. The second kappa shape index (κ2) is 5.75. The van der Waals surface area contributed by atoms with Crippen LogP contribution < -0.4 is 10.6 Å². The minimum atomic E-state index is 0.294. The predicted molar refractivity (Wildman–Crippen MR) is 64.2 cm³/mol. The molecule has 2 N–H and O–H groups in total. The van der Waals surface area contributed by atoms with Crippen LogP contribution in [0.15, 0.2) is 5.16 Å². The summed E-state index contributed by atoms with van der Waals surface area (Å²) in [7, 11) is 0. The summed E-state index contributed by atoms with van der Waals surface area (Å²) >= 11 is 1.57. The maximum atomic E-state index is 5.63. The third-order valence-electron chi connectivity index (χ3n) is 1.94. The number of aromatic nitrogens is 3. The zero-order valence-electron chi connectivity index (χ0n) is 9.40. The van der Waals surface area contributed by atoms with Gasteiger partial charge in [0.1, 0.15) is 0 Å². The number of hydrogen-bond acceptors (Lipinski definition) is 6. The summed E-state index contributed by atoms with van der Waals surface area (Å²) in [5.41, 5.74) is 5.63. The van der Waals surface area contributed by atoms with Crippen molar-refractivity contribution in [3.05, 3.63) is 0 Å². The van der Waals surface area contributed by atoms with Crippen LogP contribution in [0.25, 0.3) is 0 Å². The van der Waals surface area contributed by atoms with Crippen molar-refractivity contribution in [1.29, 1.82) is 0 Å². The Kier molecular flexibility index (Phi) is 4.61. The molecule has 0 atom stereocenters. The highest BCUT2D eigenvalue weighted by atomic mass is 32.2. The van der Waals surface area contributed by atoms with E-state index in [-0.39, 0.29) is 0 Å². The number of nitrogen functional groups attached to an aromatic ring is 1. The number of nitrogens with two attached hydrogens (primary N) is 1. The van der Waals surface area contributed by atoms with E-state index in [1.54, 1.807) is 11.8 Å². The highest BCUT2D eigenvalue weighted by Gasteiger charge is 2.09. The average molecular weight is 227 g/mol. The Bertz CT molecular complexity index is 313. The Morgan fingerprint density at radius 1 is 1.13 bits per heavy atom. The lowest BCUT2D eigenvalue weighted by molar-refractivity contribution is 0.787. The minimum absolute atomic E-state index is 0.294. The van der Waals surface area contributed by atoms with Gasteiger partial charge in [0.2, 0.25) is 11.9 Å². The highest BCUT2D eigenvalue weighted by Crippen LogP contribution is 2.16. The molecular formula is C9H17N5S. The van der Waals surface area contributed by atoms with Gasteiger partial charge < -0.3 is 10.6 Å². The van der Waals surface area contributed by atoms with Gasteiger partial charge >= 0.3 is 0 Å². The lowest BCUT2D eigenvalue weighted by atomic mass is 10.5. The molecule has 5 nitrogen and oxygen atoms in total. The maximum absolute atomic E-state index is 5.63. The lowest BCUT2D eigenvalue weighted by Crippen LogP contribution is -2.25. The maximum Gasteiger partial charge on any atom is 0.231 e. The van der Waals surface area contributed by atoms with E-state index in [1.165, 1.54) is 0 Å². The molecule has 0 aromatic carbocycles. The molecule has 6 heteroatoms. The first-order valence-corrected chi connectivity index (χ1v) is 6.09. The normalized spacial score (nSPS) is 10.3. The Morgan fingerprint density at radius 2 is 1.80 bits per heavy atom. The first-order valence-electron chi connectivity index (χ1n) is 5.10. The van der Waals surface area contributed by atoms with Crippen LogP contribution in [0, 0.1) is 0 Å². The van der Waals surface area contributed by atoms with Crippen LogP contribution >= 0.6 is 11.8 Å². The molecular weight excluding hydrogens is 210 g/mol. The van der Waals surface area contributed by atoms with Crippen molar-refractivity contribution in [2.45, 2.75) is 25.9 Å². The van der Waals surface area contributed by atoms with E-state index >= 15 is 0 Å². The van der Waals surface area contributed by atoms with Crippen molar-refractivity contribution in [1.82, 2.24) is 15.0 Å². The monoisotopic (exact) mass is 227 g/mol. The van der Waals surface area contributed by atoms with Crippen LogP contribution in [-0.4, -0.2) is 33.8 Å². The lowest BCUT2D eigenvalue weighted by Gasteiger charge is -2.18. The van der Waals surface area contributed by atoms with E-state index in [9.17, 15) is 0 Å². The van der Waals surface area contributed by atoms with Crippen LogP contribution in [0.5, 0.6) is 0 Å². The first-order chi connectivity index (χ1) is 7.21. The molecule has 0 bridgehead atoms. The van der Waals surface area contributed by atoms with Crippen molar-refractivity contribution < 1.29 is 0 Å². The molecule has 1 rings (SSSR count). The fourth-order valence-electron chi connectivity index (χ4n) is 1.20. The topological polar surface area (TPSA) is 67.9 Å². The van der Waals surface area contributed by atoms with Gasteiger partial charge in [-0.05, 0) is 19.6 Å². The smallest absolute Gasteiger partial charge is 0.231 e. The molecule has 0 saturated carbocycles. The van der Waals surface area contributed by atoms with Gasteiger partial charge in [0.25, 0.3) is 0 Å². The first kappa shape index (κ1) is 12.0. The van der Waals surface area contributed by atoms with Crippen LogP contribution in [0.1, 0.15) is 20.8 Å². The van der Waals surface area contributed by atoms with E-state index in [0.717, 1.165) is 18.8 Å². The zero-order valence-corrected chi connectivity index (χ0v) is 10.2.